The number of benzene rings is 1. The summed E-state index contributed by atoms with van der Waals surface area (Å²) in [5.41, 5.74) is 0.803. The number of halogens is 1. The molecule has 0 aromatic heterocycles. The van der Waals surface area contributed by atoms with Gasteiger partial charge >= 0.3 is 0 Å². The smallest absolute Gasteiger partial charge is 0.196 e. The monoisotopic (exact) mass is 272 g/mol. The van der Waals surface area contributed by atoms with Crippen LogP contribution in [-0.4, -0.2) is 32.8 Å². The van der Waals surface area contributed by atoms with Crippen LogP contribution in [-0.2, 0) is 15.3 Å². The van der Waals surface area contributed by atoms with E-state index in [1.807, 2.05) is 25.1 Å². The Morgan fingerprint density at radius 3 is 2.72 bits per heavy atom. The molecule has 0 spiro atoms. The largest absolute Gasteiger partial charge is 0.497 e. The van der Waals surface area contributed by atoms with Gasteiger partial charge in [0.1, 0.15) is 11.5 Å². The summed E-state index contributed by atoms with van der Waals surface area (Å²) in [6.07, 6.45) is -0.104. The van der Waals surface area contributed by atoms with Crippen LogP contribution in [0.25, 0.3) is 0 Å². The summed E-state index contributed by atoms with van der Waals surface area (Å²) < 4.78 is 22.1. The first-order valence-electron chi connectivity index (χ1n) is 5.73. The maximum Gasteiger partial charge on any atom is 0.196 e. The summed E-state index contributed by atoms with van der Waals surface area (Å²) in [4.78, 5) is 0. The Bertz CT molecular complexity index is 423. The van der Waals surface area contributed by atoms with Crippen LogP contribution in [0.1, 0.15) is 12.5 Å². The molecule has 2 atom stereocenters. The van der Waals surface area contributed by atoms with E-state index in [9.17, 15) is 0 Å². The number of methoxy groups -OCH3 is 2. The fourth-order valence-electron chi connectivity index (χ4n) is 2.02. The fourth-order valence-corrected chi connectivity index (χ4v) is 2.18. The molecule has 1 aliphatic rings. The zero-order chi connectivity index (χ0) is 13.2. The number of rotatable bonds is 4. The lowest BCUT2D eigenvalue weighted by Crippen LogP contribution is -2.25. The average Bonchev–Trinajstić information content (AvgIpc) is 2.81. The maximum atomic E-state index is 5.84. The molecule has 1 fully saturated rings. The van der Waals surface area contributed by atoms with E-state index in [0.29, 0.717) is 18.2 Å². The van der Waals surface area contributed by atoms with Crippen molar-refractivity contribution in [2.75, 3.05) is 26.7 Å². The predicted octanol–water partition coefficient (Wildman–Crippen LogP) is 2.53. The van der Waals surface area contributed by atoms with Crippen LogP contribution in [0, 0.1) is 0 Å². The minimum absolute atomic E-state index is 0.104. The fraction of sp³-hybridized carbons (Fsp3) is 0.538. The molecule has 0 N–H and O–H groups in total. The zero-order valence-electron chi connectivity index (χ0n) is 10.7. The summed E-state index contributed by atoms with van der Waals surface area (Å²) in [6.45, 7) is 2.33. The minimum atomic E-state index is -0.848. The second kappa shape index (κ2) is 5.34. The number of alkyl halides is 1. The van der Waals surface area contributed by atoms with Crippen LogP contribution < -0.4 is 9.47 Å². The van der Waals surface area contributed by atoms with Crippen molar-refractivity contribution >= 4 is 11.6 Å². The molecular formula is C13H17ClO4. The Hall–Kier alpha value is -0.970. The van der Waals surface area contributed by atoms with Crippen LogP contribution in [0.15, 0.2) is 18.2 Å². The SMILES string of the molecule is COc1ccc(OC)c(C2(C)OCC(CCl)O2)c1. The molecule has 0 aliphatic carbocycles. The first kappa shape index (κ1) is 13.5. The van der Waals surface area contributed by atoms with E-state index in [-0.39, 0.29) is 6.10 Å². The molecule has 18 heavy (non-hydrogen) atoms. The summed E-state index contributed by atoms with van der Waals surface area (Å²) in [7, 11) is 3.23. The lowest BCUT2D eigenvalue weighted by Gasteiger charge is -2.25. The van der Waals surface area contributed by atoms with Crippen molar-refractivity contribution in [2.24, 2.45) is 0 Å². The van der Waals surface area contributed by atoms with Crippen molar-refractivity contribution < 1.29 is 18.9 Å². The van der Waals surface area contributed by atoms with Gasteiger partial charge in [0.05, 0.1) is 38.4 Å². The normalized spacial score (nSPS) is 27.2. The molecule has 4 nitrogen and oxygen atoms in total. The molecule has 1 aromatic rings. The highest BCUT2D eigenvalue weighted by Crippen LogP contribution is 2.40. The van der Waals surface area contributed by atoms with Gasteiger partial charge < -0.3 is 18.9 Å². The standard InChI is InChI=1S/C13H17ClO4/c1-13(17-8-10(7-14)18-13)11-6-9(15-2)4-5-12(11)16-3/h4-6,10H,7-8H2,1-3H3. The molecular weight excluding hydrogens is 256 g/mol. The van der Waals surface area contributed by atoms with Gasteiger partial charge in [-0.05, 0) is 25.1 Å². The summed E-state index contributed by atoms with van der Waals surface area (Å²) in [5.74, 6) is 0.989. The predicted molar refractivity (Wildman–Crippen MR) is 68.4 cm³/mol. The first-order valence-corrected chi connectivity index (χ1v) is 6.26. The van der Waals surface area contributed by atoms with Gasteiger partial charge in [-0.25, -0.2) is 0 Å². The van der Waals surface area contributed by atoms with Crippen molar-refractivity contribution in [2.45, 2.75) is 18.8 Å². The van der Waals surface area contributed by atoms with Crippen LogP contribution in [0.3, 0.4) is 0 Å². The molecule has 0 radical (unpaired) electrons. The highest BCUT2D eigenvalue weighted by Gasteiger charge is 2.40. The third kappa shape index (κ3) is 2.41. The third-order valence-electron chi connectivity index (χ3n) is 3.00. The average molecular weight is 273 g/mol. The molecule has 1 aliphatic heterocycles. The minimum Gasteiger partial charge on any atom is -0.497 e. The molecule has 0 bridgehead atoms. The van der Waals surface area contributed by atoms with Gasteiger partial charge in [-0.2, -0.15) is 0 Å². The van der Waals surface area contributed by atoms with E-state index in [2.05, 4.69) is 0 Å². The van der Waals surface area contributed by atoms with Gasteiger partial charge in [0.15, 0.2) is 5.79 Å². The van der Waals surface area contributed by atoms with Crippen molar-refractivity contribution in [3.8, 4) is 11.5 Å². The molecule has 2 unspecified atom stereocenters. The van der Waals surface area contributed by atoms with Gasteiger partial charge in [0.2, 0.25) is 0 Å². The zero-order valence-corrected chi connectivity index (χ0v) is 11.5. The maximum absolute atomic E-state index is 5.84. The van der Waals surface area contributed by atoms with Crippen LogP contribution in [0.2, 0.25) is 0 Å². The third-order valence-corrected chi connectivity index (χ3v) is 3.35. The summed E-state index contributed by atoms with van der Waals surface area (Å²) in [5, 5.41) is 0. The first-order chi connectivity index (χ1) is 8.62. The van der Waals surface area contributed by atoms with E-state index >= 15 is 0 Å². The number of hydrogen-bond acceptors (Lipinski definition) is 4. The van der Waals surface area contributed by atoms with Gasteiger partial charge in [-0.3, -0.25) is 0 Å². The van der Waals surface area contributed by atoms with Crippen molar-refractivity contribution in [1.82, 2.24) is 0 Å². The Labute approximate surface area is 112 Å². The van der Waals surface area contributed by atoms with Gasteiger partial charge in [-0.15, -0.1) is 11.6 Å². The summed E-state index contributed by atoms with van der Waals surface area (Å²) in [6, 6.07) is 5.52. The van der Waals surface area contributed by atoms with Crippen molar-refractivity contribution in [1.29, 1.82) is 0 Å². The number of hydrogen-bond donors (Lipinski definition) is 0. The lowest BCUT2D eigenvalue weighted by atomic mass is 10.1. The van der Waals surface area contributed by atoms with Gasteiger partial charge in [0, 0.05) is 0 Å². The molecule has 0 amide bonds. The van der Waals surface area contributed by atoms with Crippen molar-refractivity contribution in [3.05, 3.63) is 23.8 Å². The number of ether oxygens (including phenoxy) is 4. The highest BCUT2D eigenvalue weighted by molar-refractivity contribution is 6.18. The Morgan fingerprint density at radius 2 is 2.17 bits per heavy atom. The van der Waals surface area contributed by atoms with E-state index in [1.54, 1.807) is 14.2 Å². The Balaban J connectivity index is 2.36. The molecule has 1 heterocycles. The topological polar surface area (TPSA) is 36.9 Å². The highest BCUT2D eigenvalue weighted by atomic mass is 35.5. The summed E-state index contributed by atoms with van der Waals surface area (Å²) >= 11 is 5.79. The van der Waals surface area contributed by atoms with E-state index in [1.165, 1.54) is 0 Å². The van der Waals surface area contributed by atoms with E-state index in [4.69, 9.17) is 30.5 Å². The lowest BCUT2D eigenvalue weighted by molar-refractivity contribution is -0.160. The quantitative estimate of drug-likeness (QED) is 0.790. The molecule has 100 valence electrons. The Kier molecular flexibility index (Phi) is 4.00. The molecule has 1 aromatic carbocycles. The van der Waals surface area contributed by atoms with Gasteiger partial charge in [-0.1, -0.05) is 0 Å². The van der Waals surface area contributed by atoms with E-state index in [0.717, 1.165) is 11.3 Å². The van der Waals surface area contributed by atoms with Crippen LogP contribution >= 0.6 is 11.6 Å². The molecule has 5 heteroatoms. The van der Waals surface area contributed by atoms with Crippen molar-refractivity contribution in [3.63, 3.8) is 0 Å². The Morgan fingerprint density at radius 1 is 1.39 bits per heavy atom. The van der Waals surface area contributed by atoms with E-state index < -0.39 is 5.79 Å². The van der Waals surface area contributed by atoms with Crippen LogP contribution in [0.4, 0.5) is 0 Å². The molecule has 2 rings (SSSR count). The molecule has 1 saturated heterocycles. The van der Waals surface area contributed by atoms with Gasteiger partial charge in [0.25, 0.3) is 0 Å². The second-order valence-corrected chi connectivity index (χ2v) is 4.53. The second-order valence-electron chi connectivity index (χ2n) is 4.22. The molecule has 0 saturated carbocycles. The van der Waals surface area contributed by atoms with Crippen LogP contribution in [0.5, 0.6) is 11.5 Å².